The summed E-state index contributed by atoms with van der Waals surface area (Å²) in [7, 11) is 0. The summed E-state index contributed by atoms with van der Waals surface area (Å²) < 4.78 is 0. The van der Waals surface area contributed by atoms with Gasteiger partial charge in [-0.1, -0.05) is 49.5 Å². The highest BCUT2D eigenvalue weighted by atomic mass is 35.5. The summed E-state index contributed by atoms with van der Waals surface area (Å²) in [6.07, 6.45) is 4.43. The Kier molecular flexibility index (Phi) is 4.25. The van der Waals surface area contributed by atoms with Crippen LogP contribution in [0.25, 0.3) is 0 Å². The maximum atomic E-state index is 6.47. The van der Waals surface area contributed by atoms with E-state index in [0.717, 1.165) is 34.9 Å². The van der Waals surface area contributed by atoms with Crippen LogP contribution in [0.2, 0.25) is 10.0 Å². The maximum Gasteiger partial charge on any atom is 0.0459 e. The first-order valence-electron chi connectivity index (χ1n) is 6.67. The van der Waals surface area contributed by atoms with Crippen molar-refractivity contribution in [1.82, 2.24) is 0 Å². The van der Waals surface area contributed by atoms with Gasteiger partial charge in [-0.25, -0.2) is 0 Å². The lowest BCUT2D eigenvalue weighted by Gasteiger charge is -2.48. The van der Waals surface area contributed by atoms with Crippen LogP contribution in [0.4, 0.5) is 0 Å². The minimum atomic E-state index is -0.000301. The monoisotopic (exact) mass is 285 g/mol. The van der Waals surface area contributed by atoms with Crippen LogP contribution in [0.5, 0.6) is 0 Å². The molecule has 0 aromatic heterocycles. The van der Waals surface area contributed by atoms with Crippen molar-refractivity contribution in [2.24, 2.45) is 11.7 Å². The van der Waals surface area contributed by atoms with E-state index in [1.54, 1.807) is 0 Å². The van der Waals surface area contributed by atoms with Crippen molar-refractivity contribution < 1.29 is 0 Å². The van der Waals surface area contributed by atoms with Crippen LogP contribution < -0.4 is 5.73 Å². The summed E-state index contributed by atoms with van der Waals surface area (Å²) >= 11 is 12.7. The molecule has 1 atom stereocenters. The Morgan fingerprint density at radius 2 is 1.78 bits per heavy atom. The molecule has 1 saturated carbocycles. The molecular formula is C15H21Cl2N. The number of halogens is 2. The van der Waals surface area contributed by atoms with Crippen molar-refractivity contribution in [2.45, 2.75) is 51.0 Å². The van der Waals surface area contributed by atoms with E-state index < -0.39 is 0 Å². The van der Waals surface area contributed by atoms with Gasteiger partial charge in [0.1, 0.15) is 0 Å². The van der Waals surface area contributed by atoms with Gasteiger partial charge in [0, 0.05) is 21.5 Å². The van der Waals surface area contributed by atoms with E-state index in [9.17, 15) is 0 Å². The van der Waals surface area contributed by atoms with Gasteiger partial charge in [-0.05, 0) is 42.9 Å². The Hall–Kier alpha value is -0.240. The Labute approximate surface area is 120 Å². The van der Waals surface area contributed by atoms with Crippen molar-refractivity contribution >= 4 is 23.2 Å². The van der Waals surface area contributed by atoms with Gasteiger partial charge >= 0.3 is 0 Å². The second kappa shape index (κ2) is 5.40. The smallest absolute Gasteiger partial charge is 0.0459 e. The first kappa shape index (κ1) is 14.2. The highest BCUT2D eigenvalue weighted by molar-refractivity contribution is 6.36. The fraction of sp³-hybridized carbons (Fsp3) is 0.600. The lowest BCUT2D eigenvalue weighted by molar-refractivity contribution is 0.178. The van der Waals surface area contributed by atoms with E-state index in [1.165, 1.54) is 6.42 Å². The Morgan fingerprint density at radius 1 is 1.22 bits per heavy atom. The molecule has 1 fully saturated rings. The molecule has 0 radical (unpaired) electrons. The molecule has 0 spiro atoms. The molecule has 2 rings (SSSR count). The standard InChI is InChI=1S/C15H21Cl2N/c1-10(2)9-13(18)15(7-4-8-15)14-11(16)5-3-6-12(14)17/h3,5-6,10,13H,4,7-9,18H2,1-2H3. The molecule has 1 nitrogen and oxygen atoms in total. The summed E-state index contributed by atoms with van der Waals surface area (Å²) in [6.45, 7) is 4.42. The molecule has 1 aliphatic rings. The maximum absolute atomic E-state index is 6.47. The molecule has 1 aromatic rings. The van der Waals surface area contributed by atoms with Crippen LogP contribution in [0.15, 0.2) is 18.2 Å². The molecule has 1 aromatic carbocycles. The van der Waals surface area contributed by atoms with E-state index in [-0.39, 0.29) is 11.5 Å². The molecule has 100 valence electrons. The summed E-state index contributed by atoms with van der Waals surface area (Å²) in [4.78, 5) is 0. The van der Waals surface area contributed by atoms with Gasteiger partial charge < -0.3 is 5.73 Å². The zero-order valence-corrected chi connectivity index (χ0v) is 12.6. The molecule has 0 amide bonds. The van der Waals surface area contributed by atoms with Crippen molar-refractivity contribution in [3.05, 3.63) is 33.8 Å². The topological polar surface area (TPSA) is 26.0 Å². The first-order valence-corrected chi connectivity index (χ1v) is 7.43. The van der Waals surface area contributed by atoms with E-state index in [2.05, 4.69) is 13.8 Å². The zero-order chi connectivity index (χ0) is 13.3. The highest BCUT2D eigenvalue weighted by Crippen LogP contribution is 2.51. The second-order valence-corrected chi connectivity index (χ2v) is 6.66. The SMILES string of the molecule is CC(C)CC(N)C1(c2c(Cl)cccc2Cl)CCC1. The van der Waals surface area contributed by atoms with Gasteiger partial charge in [0.25, 0.3) is 0 Å². The van der Waals surface area contributed by atoms with Gasteiger partial charge in [0.05, 0.1) is 0 Å². The summed E-state index contributed by atoms with van der Waals surface area (Å²) in [6, 6.07) is 5.88. The van der Waals surface area contributed by atoms with Crippen LogP contribution in [0.3, 0.4) is 0 Å². The summed E-state index contributed by atoms with van der Waals surface area (Å²) in [5, 5.41) is 1.53. The van der Waals surface area contributed by atoms with Crippen LogP contribution >= 0.6 is 23.2 Å². The van der Waals surface area contributed by atoms with Crippen LogP contribution in [0, 0.1) is 5.92 Å². The van der Waals surface area contributed by atoms with Crippen molar-refractivity contribution in [1.29, 1.82) is 0 Å². The molecule has 18 heavy (non-hydrogen) atoms. The van der Waals surface area contributed by atoms with Gasteiger partial charge in [-0.2, -0.15) is 0 Å². The number of benzene rings is 1. The van der Waals surface area contributed by atoms with Crippen molar-refractivity contribution in [3.63, 3.8) is 0 Å². The quantitative estimate of drug-likeness (QED) is 0.846. The lowest BCUT2D eigenvalue weighted by atomic mass is 9.59. The predicted molar refractivity (Wildman–Crippen MR) is 79.4 cm³/mol. The van der Waals surface area contributed by atoms with Crippen LogP contribution in [-0.4, -0.2) is 6.04 Å². The molecule has 0 heterocycles. The largest absolute Gasteiger partial charge is 0.327 e. The molecule has 0 bridgehead atoms. The van der Waals surface area contributed by atoms with Crippen LogP contribution in [0.1, 0.15) is 45.1 Å². The number of rotatable bonds is 4. The lowest BCUT2D eigenvalue weighted by Crippen LogP contribution is -2.51. The number of hydrogen-bond acceptors (Lipinski definition) is 1. The molecular weight excluding hydrogens is 265 g/mol. The summed E-state index contributed by atoms with van der Waals surface area (Å²) in [5.74, 6) is 0.596. The zero-order valence-electron chi connectivity index (χ0n) is 11.0. The first-order chi connectivity index (χ1) is 8.47. The Balaban J connectivity index is 2.38. The molecule has 3 heteroatoms. The third kappa shape index (κ3) is 2.41. The molecule has 2 N–H and O–H groups in total. The Morgan fingerprint density at radius 3 is 2.17 bits per heavy atom. The summed E-state index contributed by atoms with van der Waals surface area (Å²) in [5.41, 5.74) is 7.54. The van der Waals surface area contributed by atoms with Gasteiger partial charge in [-0.15, -0.1) is 0 Å². The average molecular weight is 286 g/mol. The van der Waals surface area contributed by atoms with E-state index in [4.69, 9.17) is 28.9 Å². The fourth-order valence-corrected chi connectivity index (χ4v) is 3.84. The predicted octanol–water partition coefficient (Wildman–Crippen LogP) is 4.79. The van der Waals surface area contributed by atoms with Crippen molar-refractivity contribution in [3.8, 4) is 0 Å². The molecule has 0 aliphatic heterocycles. The highest BCUT2D eigenvalue weighted by Gasteiger charge is 2.46. The molecule has 0 saturated heterocycles. The fourth-order valence-electron chi connectivity index (χ4n) is 3.07. The van der Waals surface area contributed by atoms with Gasteiger partial charge in [0.2, 0.25) is 0 Å². The van der Waals surface area contributed by atoms with E-state index in [1.807, 2.05) is 18.2 Å². The number of nitrogens with two attached hydrogens (primary N) is 1. The Bertz CT molecular complexity index is 404. The average Bonchev–Trinajstić information content (AvgIpc) is 2.19. The van der Waals surface area contributed by atoms with Crippen molar-refractivity contribution in [2.75, 3.05) is 0 Å². The van der Waals surface area contributed by atoms with E-state index >= 15 is 0 Å². The number of hydrogen-bond donors (Lipinski definition) is 1. The minimum absolute atomic E-state index is 0.000301. The second-order valence-electron chi connectivity index (χ2n) is 5.84. The van der Waals surface area contributed by atoms with Gasteiger partial charge in [0.15, 0.2) is 0 Å². The molecule has 1 aliphatic carbocycles. The molecule has 1 unspecified atom stereocenters. The van der Waals surface area contributed by atoms with Gasteiger partial charge in [-0.3, -0.25) is 0 Å². The van der Waals surface area contributed by atoms with Crippen LogP contribution in [-0.2, 0) is 5.41 Å². The third-order valence-corrected chi connectivity index (χ3v) is 4.77. The normalized spacial score (nSPS) is 19.7. The van der Waals surface area contributed by atoms with E-state index in [0.29, 0.717) is 5.92 Å². The third-order valence-electron chi connectivity index (χ3n) is 4.14. The minimum Gasteiger partial charge on any atom is -0.327 e.